The molecule has 0 spiro atoms. The monoisotopic (exact) mass is 482 g/mol. The molecule has 6 nitrogen and oxygen atoms in total. The zero-order valence-corrected chi connectivity index (χ0v) is 19.7. The van der Waals surface area contributed by atoms with Gasteiger partial charge in [0.2, 0.25) is 0 Å². The Morgan fingerprint density at radius 3 is 2.37 bits per heavy atom. The molecule has 0 aliphatic carbocycles. The zero-order chi connectivity index (χ0) is 19.1. The van der Waals surface area contributed by atoms with Gasteiger partial charge in [-0.15, -0.1) is 24.0 Å². The lowest BCUT2D eigenvalue weighted by atomic mass is 9.65. The van der Waals surface area contributed by atoms with Gasteiger partial charge in [-0.25, -0.2) is 9.67 Å². The number of aromatic nitrogens is 3. The predicted octanol–water partition coefficient (Wildman–Crippen LogP) is 3.70. The highest BCUT2D eigenvalue weighted by molar-refractivity contribution is 14.0. The Labute approximate surface area is 179 Å². The Balaban J connectivity index is 0.00000261. The molecule has 2 aromatic heterocycles. The number of rotatable bonds is 3. The molecule has 148 valence electrons. The molecule has 1 saturated heterocycles. The summed E-state index contributed by atoms with van der Waals surface area (Å²) < 4.78 is 1.87. The first-order valence-corrected chi connectivity index (χ1v) is 9.12. The van der Waals surface area contributed by atoms with Crippen LogP contribution in [0.5, 0.6) is 0 Å². The summed E-state index contributed by atoms with van der Waals surface area (Å²) in [6.07, 6.45) is 1.90. The Bertz CT molecular complexity index is 819. The van der Waals surface area contributed by atoms with Crippen LogP contribution in [0.1, 0.15) is 44.6 Å². The van der Waals surface area contributed by atoms with Crippen molar-refractivity contribution in [1.82, 2.24) is 25.0 Å². The van der Waals surface area contributed by atoms with E-state index in [9.17, 15) is 0 Å². The van der Waals surface area contributed by atoms with Crippen molar-refractivity contribution in [2.75, 3.05) is 13.6 Å². The van der Waals surface area contributed by atoms with E-state index in [2.05, 4.69) is 65.1 Å². The Morgan fingerprint density at radius 2 is 1.93 bits per heavy atom. The number of hydrogen-bond acceptors (Lipinski definition) is 3. The lowest BCUT2D eigenvalue weighted by Gasteiger charge is -2.62. The van der Waals surface area contributed by atoms with Gasteiger partial charge in [0, 0.05) is 43.0 Å². The third-order valence-electron chi connectivity index (χ3n) is 5.84. The fourth-order valence-electron chi connectivity index (χ4n) is 3.38. The molecule has 0 atom stereocenters. The molecule has 0 bridgehead atoms. The average Bonchev–Trinajstić information content (AvgIpc) is 2.93. The molecule has 0 radical (unpaired) electrons. The minimum absolute atomic E-state index is 0. The second-order valence-corrected chi connectivity index (χ2v) is 8.29. The number of likely N-dealkylation sites (tertiary alicyclic amines) is 1. The largest absolute Gasteiger partial charge is 0.352 e. The summed E-state index contributed by atoms with van der Waals surface area (Å²) in [5, 5.41) is 7.95. The molecule has 0 saturated carbocycles. The number of hydrogen-bond donors (Lipinski definition) is 1. The first kappa shape index (κ1) is 21.7. The summed E-state index contributed by atoms with van der Waals surface area (Å²) in [6.45, 7) is 14.9. The van der Waals surface area contributed by atoms with E-state index in [0.717, 1.165) is 35.3 Å². The Kier molecular flexibility index (Phi) is 6.23. The summed E-state index contributed by atoms with van der Waals surface area (Å²) >= 11 is 0. The van der Waals surface area contributed by atoms with Gasteiger partial charge in [-0.2, -0.15) is 5.10 Å². The number of aliphatic imine (C=N–C) groups is 1. The van der Waals surface area contributed by atoms with E-state index in [4.69, 9.17) is 0 Å². The molecule has 2 aromatic rings. The topological polar surface area (TPSA) is 58.3 Å². The van der Waals surface area contributed by atoms with Crippen molar-refractivity contribution >= 4 is 29.9 Å². The molecule has 0 unspecified atom stereocenters. The highest BCUT2D eigenvalue weighted by atomic mass is 127. The van der Waals surface area contributed by atoms with Crippen molar-refractivity contribution in [3.05, 3.63) is 41.3 Å². The fraction of sp³-hybridized carbons (Fsp3) is 0.550. The molecule has 0 aromatic carbocycles. The highest BCUT2D eigenvalue weighted by Crippen LogP contribution is 2.46. The number of nitrogens with one attached hydrogen (secondary N) is 1. The van der Waals surface area contributed by atoms with Gasteiger partial charge >= 0.3 is 0 Å². The van der Waals surface area contributed by atoms with Crippen molar-refractivity contribution in [2.24, 2.45) is 10.4 Å². The van der Waals surface area contributed by atoms with Gasteiger partial charge in [-0.05, 0) is 45.4 Å². The molecular formula is C20H31IN6. The lowest BCUT2D eigenvalue weighted by Crippen LogP contribution is -2.72. The number of pyridine rings is 1. The molecule has 27 heavy (non-hydrogen) atoms. The highest BCUT2D eigenvalue weighted by Gasteiger charge is 2.53. The smallest absolute Gasteiger partial charge is 0.194 e. The van der Waals surface area contributed by atoms with Crippen LogP contribution in [0.4, 0.5) is 0 Å². The van der Waals surface area contributed by atoms with E-state index in [1.807, 2.05) is 37.8 Å². The number of aryl methyl sites for hydroxylation is 2. The van der Waals surface area contributed by atoms with Gasteiger partial charge in [-0.1, -0.05) is 19.9 Å². The standard InChI is InChI=1S/C20H30N6.HI/c1-14-10-15(2)26(24-14)17-9-8-16(11-22-17)12-23-18(21-7)25-13-19(3,4)20(25,5)6;/h8-11H,12-13H2,1-7H3,(H,21,23);1H. The van der Waals surface area contributed by atoms with E-state index in [1.165, 1.54) is 0 Å². The van der Waals surface area contributed by atoms with Crippen molar-refractivity contribution in [3.63, 3.8) is 0 Å². The predicted molar refractivity (Wildman–Crippen MR) is 121 cm³/mol. The summed E-state index contributed by atoms with van der Waals surface area (Å²) in [6, 6.07) is 6.15. The molecule has 1 aliphatic heterocycles. The molecule has 1 N–H and O–H groups in total. The summed E-state index contributed by atoms with van der Waals surface area (Å²) in [5.74, 6) is 1.78. The first-order chi connectivity index (χ1) is 12.2. The molecule has 1 aliphatic rings. The Hall–Kier alpha value is -1.64. The normalized spacial score (nSPS) is 17.9. The SMILES string of the molecule is CN=C(NCc1ccc(-n2nc(C)cc2C)nc1)N1CC(C)(C)C1(C)C.I. The fourth-order valence-corrected chi connectivity index (χ4v) is 3.38. The van der Waals surface area contributed by atoms with Gasteiger partial charge in [0.25, 0.3) is 0 Å². The van der Waals surface area contributed by atoms with Crippen molar-refractivity contribution in [1.29, 1.82) is 0 Å². The number of halogens is 1. The molecule has 7 heteroatoms. The van der Waals surface area contributed by atoms with Crippen LogP contribution in [0.3, 0.4) is 0 Å². The average molecular weight is 482 g/mol. The van der Waals surface area contributed by atoms with E-state index in [0.29, 0.717) is 6.54 Å². The van der Waals surface area contributed by atoms with Crippen LogP contribution in [-0.2, 0) is 6.54 Å². The van der Waals surface area contributed by atoms with Gasteiger partial charge < -0.3 is 10.2 Å². The quantitative estimate of drug-likeness (QED) is 0.412. The van der Waals surface area contributed by atoms with Gasteiger partial charge in [0.15, 0.2) is 11.8 Å². The third-order valence-corrected chi connectivity index (χ3v) is 5.84. The van der Waals surface area contributed by atoms with E-state index < -0.39 is 0 Å². The second-order valence-electron chi connectivity index (χ2n) is 8.29. The summed E-state index contributed by atoms with van der Waals surface area (Å²) in [5.41, 5.74) is 3.58. The van der Waals surface area contributed by atoms with Gasteiger partial charge in [-0.3, -0.25) is 4.99 Å². The van der Waals surface area contributed by atoms with Crippen LogP contribution in [0.15, 0.2) is 29.4 Å². The number of guanidine groups is 1. The van der Waals surface area contributed by atoms with Crippen LogP contribution in [0, 0.1) is 19.3 Å². The maximum Gasteiger partial charge on any atom is 0.194 e. The van der Waals surface area contributed by atoms with Gasteiger partial charge in [0.1, 0.15) is 0 Å². The van der Waals surface area contributed by atoms with Crippen molar-refractivity contribution in [3.8, 4) is 5.82 Å². The van der Waals surface area contributed by atoms with E-state index >= 15 is 0 Å². The van der Waals surface area contributed by atoms with Crippen LogP contribution in [-0.4, -0.2) is 44.8 Å². The minimum Gasteiger partial charge on any atom is -0.352 e. The van der Waals surface area contributed by atoms with Crippen molar-refractivity contribution in [2.45, 2.75) is 53.6 Å². The molecular weight excluding hydrogens is 451 g/mol. The first-order valence-electron chi connectivity index (χ1n) is 9.12. The maximum atomic E-state index is 4.56. The number of nitrogens with zero attached hydrogens (tertiary/aromatic N) is 5. The van der Waals surface area contributed by atoms with Gasteiger partial charge in [0.05, 0.1) is 5.69 Å². The molecule has 0 amide bonds. The van der Waals surface area contributed by atoms with Crippen LogP contribution in [0.25, 0.3) is 5.82 Å². The summed E-state index contributed by atoms with van der Waals surface area (Å²) in [7, 11) is 1.84. The molecule has 3 rings (SSSR count). The summed E-state index contributed by atoms with van der Waals surface area (Å²) in [4.78, 5) is 11.4. The lowest BCUT2D eigenvalue weighted by molar-refractivity contribution is -0.0667. The van der Waals surface area contributed by atoms with Crippen molar-refractivity contribution < 1.29 is 0 Å². The molecule has 1 fully saturated rings. The van der Waals surface area contributed by atoms with E-state index in [-0.39, 0.29) is 34.9 Å². The third kappa shape index (κ3) is 3.97. The van der Waals surface area contributed by atoms with E-state index in [1.54, 1.807) is 0 Å². The molecule has 3 heterocycles. The van der Waals surface area contributed by atoms with Crippen LogP contribution < -0.4 is 5.32 Å². The van der Waals surface area contributed by atoms with Crippen LogP contribution in [0.2, 0.25) is 0 Å². The maximum absolute atomic E-state index is 4.56. The second kappa shape index (κ2) is 7.77. The zero-order valence-electron chi connectivity index (χ0n) is 17.4. The van der Waals surface area contributed by atoms with Crippen LogP contribution >= 0.6 is 24.0 Å². The minimum atomic E-state index is 0. The Morgan fingerprint density at radius 1 is 1.22 bits per heavy atom.